The minimum absolute atomic E-state index is 0.0996. The first-order valence-corrected chi connectivity index (χ1v) is 10.8. The lowest BCUT2D eigenvalue weighted by atomic mass is 10.1. The van der Waals surface area contributed by atoms with Gasteiger partial charge < -0.3 is 5.32 Å². The Morgan fingerprint density at radius 1 is 1.30 bits per heavy atom. The standard InChI is InChI=1S/C19H18ClN3O3S/c1-27(25,26)18-10-13(9-17-15(18)11-23(22-17)14-6-7-14)21-19(24)8-12-4-2-3-5-16(12)20/h2-5,9-11,14H,6-8H2,1H3,(H,21,24). The van der Waals surface area contributed by atoms with E-state index in [0.717, 1.165) is 19.1 Å². The highest BCUT2D eigenvalue weighted by Gasteiger charge is 2.26. The number of rotatable bonds is 5. The summed E-state index contributed by atoms with van der Waals surface area (Å²) in [5.74, 6) is -0.275. The number of nitrogens with zero attached hydrogens (tertiary/aromatic N) is 2. The summed E-state index contributed by atoms with van der Waals surface area (Å²) in [5.41, 5.74) is 1.66. The van der Waals surface area contributed by atoms with Crippen molar-refractivity contribution in [3.8, 4) is 0 Å². The molecule has 6 nitrogen and oxygen atoms in total. The second-order valence-electron chi connectivity index (χ2n) is 6.84. The first-order chi connectivity index (χ1) is 12.8. The number of amides is 1. The fourth-order valence-electron chi connectivity index (χ4n) is 3.03. The van der Waals surface area contributed by atoms with Gasteiger partial charge in [-0.3, -0.25) is 9.48 Å². The molecule has 1 aromatic heterocycles. The second-order valence-corrected chi connectivity index (χ2v) is 9.23. The van der Waals surface area contributed by atoms with Crippen molar-refractivity contribution in [2.45, 2.75) is 30.2 Å². The highest BCUT2D eigenvalue weighted by Crippen LogP contribution is 2.36. The van der Waals surface area contributed by atoms with Crippen LogP contribution in [0.1, 0.15) is 24.4 Å². The van der Waals surface area contributed by atoms with Crippen molar-refractivity contribution in [3.63, 3.8) is 0 Å². The molecule has 0 saturated heterocycles. The molecule has 2 aromatic carbocycles. The molecular weight excluding hydrogens is 386 g/mol. The summed E-state index contributed by atoms with van der Waals surface area (Å²) in [6.45, 7) is 0. The Kier molecular flexibility index (Phi) is 4.44. The maximum atomic E-state index is 12.4. The minimum atomic E-state index is -3.47. The van der Waals surface area contributed by atoms with Crippen LogP contribution in [0.25, 0.3) is 10.9 Å². The second kappa shape index (κ2) is 6.65. The molecule has 0 unspecified atom stereocenters. The Bertz CT molecular complexity index is 1150. The molecule has 3 aromatic rings. The molecule has 1 aliphatic rings. The molecule has 0 spiro atoms. The van der Waals surface area contributed by atoms with E-state index in [9.17, 15) is 13.2 Å². The molecule has 27 heavy (non-hydrogen) atoms. The molecule has 0 radical (unpaired) electrons. The van der Waals surface area contributed by atoms with Crippen LogP contribution < -0.4 is 5.32 Å². The number of nitrogens with one attached hydrogen (secondary N) is 1. The van der Waals surface area contributed by atoms with E-state index in [4.69, 9.17) is 11.6 Å². The van der Waals surface area contributed by atoms with Gasteiger partial charge in [0.15, 0.2) is 9.84 Å². The quantitative estimate of drug-likeness (QED) is 0.705. The third-order valence-electron chi connectivity index (χ3n) is 4.52. The van der Waals surface area contributed by atoms with Crippen molar-refractivity contribution in [2.24, 2.45) is 0 Å². The van der Waals surface area contributed by atoms with Gasteiger partial charge in [0.2, 0.25) is 5.91 Å². The highest BCUT2D eigenvalue weighted by molar-refractivity contribution is 7.91. The molecule has 4 rings (SSSR count). The Labute approximate surface area is 162 Å². The number of carbonyl (C=O) groups is 1. The Hall–Kier alpha value is -2.38. The van der Waals surface area contributed by atoms with Gasteiger partial charge in [-0.05, 0) is 36.6 Å². The first kappa shape index (κ1) is 18.0. The summed E-state index contributed by atoms with van der Waals surface area (Å²) in [7, 11) is -3.47. The van der Waals surface area contributed by atoms with E-state index in [1.165, 1.54) is 6.07 Å². The van der Waals surface area contributed by atoms with Crippen LogP contribution in [0.15, 0.2) is 47.5 Å². The van der Waals surface area contributed by atoms with Crippen LogP contribution in [0, 0.1) is 0 Å². The van der Waals surface area contributed by atoms with Gasteiger partial charge in [0.05, 0.1) is 22.9 Å². The van der Waals surface area contributed by atoms with Crippen LogP contribution in [0.4, 0.5) is 5.69 Å². The zero-order chi connectivity index (χ0) is 19.2. The van der Waals surface area contributed by atoms with Crippen molar-refractivity contribution in [1.29, 1.82) is 0 Å². The zero-order valence-corrected chi connectivity index (χ0v) is 16.2. The van der Waals surface area contributed by atoms with Crippen molar-refractivity contribution >= 4 is 43.9 Å². The smallest absolute Gasteiger partial charge is 0.228 e. The molecule has 1 N–H and O–H groups in total. The number of aromatic nitrogens is 2. The van der Waals surface area contributed by atoms with E-state index in [-0.39, 0.29) is 17.2 Å². The number of halogens is 1. The van der Waals surface area contributed by atoms with Crippen molar-refractivity contribution in [2.75, 3.05) is 11.6 Å². The molecule has 0 aliphatic heterocycles. The van der Waals surface area contributed by atoms with Crippen molar-refractivity contribution in [1.82, 2.24) is 9.78 Å². The minimum Gasteiger partial charge on any atom is -0.326 e. The van der Waals surface area contributed by atoms with E-state index in [1.54, 1.807) is 30.5 Å². The van der Waals surface area contributed by atoms with Gasteiger partial charge in [0, 0.05) is 28.5 Å². The van der Waals surface area contributed by atoms with E-state index < -0.39 is 9.84 Å². The lowest BCUT2D eigenvalue weighted by Gasteiger charge is -2.09. The maximum Gasteiger partial charge on any atom is 0.228 e. The Morgan fingerprint density at radius 3 is 2.70 bits per heavy atom. The molecule has 8 heteroatoms. The highest BCUT2D eigenvalue weighted by atomic mass is 35.5. The third-order valence-corrected chi connectivity index (χ3v) is 6.02. The Morgan fingerprint density at radius 2 is 2.04 bits per heavy atom. The van der Waals surface area contributed by atoms with Crippen molar-refractivity contribution < 1.29 is 13.2 Å². The van der Waals surface area contributed by atoms with Crippen LogP contribution in [0.5, 0.6) is 0 Å². The van der Waals surface area contributed by atoms with Gasteiger partial charge in [0.1, 0.15) is 0 Å². The summed E-state index contributed by atoms with van der Waals surface area (Å²) in [4.78, 5) is 12.6. The summed E-state index contributed by atoms with van der Waals surface area (Å²) in [6, 6.07) is 10.6. The monoisotopic (exact) mass is 403 g/mol. The van der Waals surface area contributed by atoms with Gasteiger partial charge in [-0.1, -0.05) is 29.8 Å². The molecule has 1 aliphatic carbocycles. The number of anilines is 1. The number of carbonyl (C=O) groups excluding carboxylic acids is 1. The number of hydrogen-bond acceptors (Lipinski definition) is 4. The van der Waals surface area contributed by atoms with Gasteiger partial charge in [-0.2, -0.15) is 5.10 Å². The fraction of sp³-hybridized carbons (Fsp3) is 0.263. The molecule has 0 atom stereocenters. The zero-order valence-electron chi connectivity index (χ0n) is 14.6. The molecule has 1 fully saturated rings. The molecule has 1 saturated carbocycles. The summed E-state index contributed by atoms with van der Waals surface area (Å²) >= 11 is 6.10. The molecular formula is C19H18ClN3O3S. The van der Waals surface area contributed by atoms with Crippen LogP contribution in [-0.2, 0) is 21.1 Å². The third kappa shape index (κ3) is 3.84. The van der Waals surface area contributed by atoms with Gasteiger partial charge in [-0.15, -0.1) is 0 Å². The van der Waals surface area contributed by atoms with Gasteiger partial charge in [-0.25, -0.2) is 8.42 Å². The van der Waals surface area contributed by atoms with E-state index in [2.05, 4.69) is 10.4 Å². The number of sulfone groups is 1. The predicted molar refractivity (Wildman–Crippen MR) is 105 cm³/mol. The lowest BCUT2D eigenvalue weighted by Crippen LogP contribution is -2.15. The molecule has 1 heterocycles. The number of fused-ring (bicyclic) bond motifs is 1. The number of hydrogen-bond donors (Lipinski definition) is 1. The maximum absolute atomic E-state index is 12.4. The summed E-state index contributed by atoms with van der Waals surface area (Å²) in [5, 5.41) is 8.35. The molecule has 1 amide bonds. The van der Waals surface area contributed by atoms with Crippen LogP contribution in [0.3, 0.4) is 0 Å². The fourth-order valence-corrected chi connectivity index (χ4v) is 4.14. The average molecular weight is 404 g/mol. The first-order valence-electron chi connectivity index (χ1n) is 8.57. The van der Waals surface area contributed by atoms with E-state index in [0.29, 0.717) is 33.2 Å². The average Bonchev–Trinajstić information content (AvgIpc) is 3.35. The Balaban J connectivity index is 1.67. The summed E-state index contributed by atoms with van der Waals surface area (Å²) in [6.07, 6.45) is 5.12. The largest absolute Gasteiger partial charge is 0.326 e. The van der Waals surface area contributed by atoms with E-state index >= 15 is 0 Å². The SMILES string of the molecule is CS(=O)(=O)c1cc(NC(=O)Cc2ccccc2Cl)cc2nn(C3CC3)cc12. The normalized spacial score (nSPS) is 14.4. The van der Waals surface area contributed by atoms with Gasteiger partial charge >= 0.3 is 0 Å². The predicted octanol–water partition coefficient (Wildman–Crippen LogP) is 3.61. The summed E-state index contributed by atoms with van der Waals surface area (Å²) < 4.78 is 26.3. The van der Waals surface area contributed by atoms with Crippen molar-refractivity contribution in [3.05, 3.63) is 53.2 Å². The van der Waals surface area contributed by atoms with Crippen LogP contribution >= 0.6 is 11.6 Å². The lowest BCUT2D eigenvalue weighted by molar-refractivity contribution is -0.115. The van der Waals surface area contributed by atoms with E-state index in [1.807, 2.05) is 10.7 Å². The van der Waals surface area contributed by atoms with Gasteiger partial charge in [0.25, 0.3) is 0 Å². The van der Waals surface area contributed by atoms with Crippen LogP contribution in [0.2, 0.25) is 5.02 Å². The molecule has 0 bridgehead atoms. The topological polar surface area (TPSA) is 81.1 Å². The van der Waals surface area contributed by atoms with Crippen LogP contribution in [-0.4, -0.2) is 30.4 Å². The number of benzene rings is 2. The molecule has 140 valence electrons.